The van der Waals surface area contributed by atoms with Crippen molar-refractivity contribution in [3.05, 3.63) is 53.6 Å². The third-order valence-corrected chi connectivity index (χ3v) is 2.37. The molecule has 0 spiro atoms. The van der Waals surface area contributed by atoms with Gasteiger partial charge in [-0.3, -0.25) is 4.98 Å². The van der Waals surface area contributed by atoms with Crippen LogP contribution >= 0.6 is 0 Å². The summed E-state index contributed by atoms with van der Waals surface area (Å²) in [5.41, 5.74) is 0.425. The first-order valence-corrected chi connectivity index (χ1v) is 5.19. The highest BCUT2D eigenvalue weighted by molar-refractivity contribution is 5.88. The molecule has 5 heteroatoms. The lowest BCUT2D eigenvalue weighted by Gasteiger charge is -2.08. The Morgan fingerprint density at radius 1 is 1.39 bits per heavy atom. The molecular formula is C13H10FNO3. The summed E-state index contributed by atoms with van der Waals surface area (Å²) in [7, 11) is 0. The molecule has 0 unspecified atom stereocenters. The van der Waals surface area contributed by atoms with Crippen molar-refractivity contribution in [3.63, 3.8) is 0 Å². The first kappa shape index (κ1) is 12.0. The van der Waals surface area contributed by atoms with E-state index in [2.05, 4.69) is 4.98 Å². The highest BCUT2D eigenvalue weighted by Gasteiger charge is 2.11. The van der Waals surface area contributed by atoms with Crippen molar-refractivity contribution in [1.29, 1.82) is 0 Å². The van der Waals surface area contributed by atoms with Gasteiger partial charge in [0.05, 0.1) is 5.56 Å². The predicted molar refractivity (Wildman–Crippen MR) is 62.4 cm³/mol. The van der Waals surface area contributed by atoms with Crippen LogP contribution in [0.25, 0.3) is 0 Å². The summed E-state index contributed by atoms with van der Waals surface area (Å²) in [5.74, 6) is -1.34. The van der Waals surface area contributed by atoms with Crippen molar-refractivity contribution in [2.75, 3.05) is 0 Å². The first-order chi connectivity index (χ1) is 8.58. The van der Waals surface area contributed by atoms with Gasteiger partial charge in [0.15, 0.2) is 0 Å². The van der Waals surface area contributed by atoms with Gasteiger partial charge in [-0.1, -0.05) is 0 Å². The van der Waals surface area contributed by atoms with Crippen molar-refractivity contribution in [2.45, 2.75) is 6.92 Å². The molecule has 0 fully saturated rings. The third kappa shape index (κ3) is 2.45. The molecule has 2 rings (SSSR count). The van der Waals surface area contributed by atoms with Gasteiger partial charge >= 0.3 is 5.97 Å². The average molecular weight is 247 g/mol. The van der Waals surface area contributed by atoms with Gasteiger partial charge in [-0.05, 0) is 25.1 Å². The number of benzene rings is 1. The molecule has 92 valence electrons. The topological polar surface area (TPSA) is 59.4 Å². The predicted octanol–water partition coefficient (Wildman–Crippen LogP) is 3.02. The van der Waals surface area contributed by atoms with E-state index in [1.807, 2.05) is 6.92 Å². The maximum Gasteiger partial charge on any atom is 0.338 e. The van der Waals surface area contributed by atoms with Crippen molar-refractivity contribution >= 4 is 5.97 Å². The van der Waals surface area contributed by atoms with Crippen LogP contribution in [0.1, 0.15) is 15.9 Å². The minimum atomic E-state index is -1.31. The number of hydrogen-bond donors (Lipinski definition) is 1. The molecule has 1 aromatic heterocycles. The van der Waals surface area contributed by atoms with Crippen molar-refractivity contribution < 1.29 is 19.0 Å². The maximum absolute atomic E-state index is 13.4. The Labute approximate surface area is 103 Å². The minimum Gasteiger partial charge on any atom is -0.478 e. The molecule has 18 heavy (non-hydrogen) atoms. The number of hydrogen-bond acceptors (Lipinski definition) is 3. The van der Waals surface area contributed by atoms with E-state index in [1.165, 1.54) is 12.1 Å². The smallest absolute Gasteiger partial charge is 0.338 e. The summed E-state index contributed by atoms with van der Waals surface area (Å²) in [6.07, 6.45) is 3.18. The van der Waals surface area contributed by atoms with E-state index < -0.39 is 11.8 Å². The molecule has 1 aromatic carbocycles. The fourth-order valence-electron chi connectivity index (χ4n) is 1.43. The normalized spacial score (nSPS) is 10.1. The number of pyridine rings is 1. The summed E-state index contributed by atoms with van der Waals surface area (Å²) in [4.78, 5) is 14.6. The number of aryl methyl sites for hydroxylation is 1. The van der Waals surface area contributed by atoms with E-state index in [4.69, 9.17) is 9.84 Å². The molecule has 0 saturated heterocycles. The van der Waals surface area contributed by atoms with Gasteiger partial charge in [-0.15, -0.1) is 0 Å². The fraction of sp³-hybridized carbons (Fsp3) is 0.0769. The van der Waals surface area contributed by atoms with Crippen LogP contribution in [0.3, 0.4) is 0 Å². The molecule has 0 radical (unpaired) electrons. The van der Waals surface area contributed by atoms with Gasteiger partial charge in [0.25, 0.3) is 0 Å². The molecule has 1 heterocycles. The van der Waals surface area contributed by atoms with Crippen LogP contribution in [0.4, 0.5) is 4.39 Å². The largest absolute Gasteiger partial charge is 0.478 e. The molecule has 0 aliphatic heterocycles. The highest BCUT2D eigenvalue weighted by Crippen LogP contribution is 2.25. The number of carbonyl (C=O) groups is 1. The summed E-state index contributed by atoms with van der Waals surface area (Å²) < 4.78 is 18.9. The second-order valence-electron chi connectivity index (χ2n) is 3.69. The van der Waals surface area contributed by atoms with Gasteiger partial charge in [-0.25, -0.2) is 9.18 Å². The lowest BCUT2D eigenvalue weighted by molar-refractivity contribution is 0.0692. The number of ether oxygens (including phenoxy) is 1. The zero-order valence-corrected chi connectivity index (χ0v) is 9.55. The second kappa shape index (κ2) is 4.83. The van der Waals surface area contributed by atoms with Crippen molar-refractivity contribution in [2.24, 2.45) is 0 Å². The van der Waals surface area contributed by atoms with E-state index in [0.29, 0.717) is 5.75 Å². The van der Waals surface area contributed by atoms with Crippen LogP contribution in [0.15, 0.2) is 36.7 Å². The second-order valence-corrected chi connectivity index (χ2v) is 3.69. The van der Waals surface area contributed by atoms with Gasteiger partial charge in [0.1, 0.15) is 17.3 Å². The Morgan fingerprint density at radius 3 is 2.78 bits per heavy atom. The third-order valence-electron chi connectivity index (χ3n) is 2.37. The molecule has 0 saturated carbocycles. The molecule has 1 N–H and O–H groups in total. The maximum atomic E-state index is 13.4. The fourth-order valence-corrected chi connectivity index (χ4v) is 1.43. The summed E-state index contributed by atoms with van der Waals surface area (Å²) in [6, 6.07) is 5.28. The van der Waals surface area contributed by atoms with Crippen LogP contribution in [-0.2, 0) is 0 Å². The van der Waals surface area contributed by atoms with Gasteiger partial charge in [0.2, 0.25) is 0 Å². The molecule has 2 aromatic rings. The molecule has 0 aliphatic carbocycles. The van der Waals surface area contributed by atoms with E-state index >= 15 is 0 Å². The van der Waals surface area contributed by atoms with Crippen LogP contribution < -0.4 is 4.74 Å². The van der Waals surface area contributed by atoms with Crippen LogP contribution in [0, 0.1) is 12.7 Å². The number of nitrogens with zero attached hydrogens (tertiary/aromatic N) is 1. The van der Waals surface area contributed by atoms with E-state index in [9.17, 15) is 9.18 Å². The number of aromatic carboxylic acids is 1. The molecule has 0 aliphatic rings. The van der Waals surface area contributed by atoms with E-state index in [-0.39, 0.29) is 11.3 Å². The SMILES string of the molecule is Cc1cnccc1Oc1ccc(C(=O)O)c(F)c1. The quantitative estimate of drug-likeness (QED) is 0.905. The highest BCUT2D eigenvalue weighted by atomic mass is 19.1. The number of carboxylic acid groups (broad SMARTS) is 1. The molecule has 0 atom stereocenters. The monoisotopic (exact) mass is 247 g/mol. The number of carboxylic acids is 1. The Bertz CT molecular complexity index is 599. The van der Waals surface area contributed by atoms with Crippen LogP contribution in [-0.4, -0.2) is 16.1 Å². The zero-order valence-electron chi connectivity index (χ0n) is 9.55. The average Bonchev–Trinajstić information content (AvgIpc) is 2.32. The Morgan fingerprint density at radius 2 is 2.17 bits per heavy atom. The lowest BCUT2D eigenvalue weighted by atomic mass is 10.2. The van der Waals surface area contributed by atoms with Crippen molar-refractivity contribution in [3.8, 4) is 11.5 Å². The van der Waals surface area contributed by atoms with Crippen LogP contribution in [0.5, 0.6) is 11.5 Å². The molecule has 0 bridgehead atoms. The van der Waals surface area contributed by atoms with E-state index in [1.54, 1.807) is 18.5 Å². The Kier molecular flexibility index (Phi) is 3.23. The van der Waals surface area contributed by atoms with Crippen molar-refractivity contribution in [1.82, 2.24) is 4.98 Å². The number of aromatic nitrogens is 1. The van der Waals surface area contributed by atoms with Gasteiger partial charge < -0.3 is 9.84 Å². The Hall–Kier alpha value is -2.43. The zero-order chi connectivity index (χ0) is 13.1. The number of rotatable bonds is 3. The summed E-state index contributed by atoms with van der Waals surface area (Å²) in [5, 5.41) is 8.70. The summed E-state index contributed by atoms with van der Waals surface area (Å²) in [6.45, 7) is 1.81. The first-order valence-electron chi connectivity index (χ1n) is 5.19. The van der Waals surface area contributed by atoms with E-state index in [0.717, 1.165) is 11.6 Å². The molecular weight excluding hydrogens is 237 g/mol. The molecule has 4 nitrogen and oxygen atoms in total. The van der Waals surface area contributed by atoms with Crippen LogP contribution in [0.2, 0.25) is 0 Å². The molecule has 0 amide bonds. The number of halogens is 1. The summed E-state index contributed by atoms with van der Waals surface area (Å²) >= 11 is 0. The standard InChI is InChI=1S/C13H10FNO3/c1-8-7-15-5-4-12(8)18-9-2-3-10(13(16)17)11(14)6-9/h2-7H,1H3,(H,16,17). The van der Waals surface area contributed by atoms with Gasteiger partial charge in [0, 0.05) is 24.0 Å². The lowest BCUT2D eigenvalue weighted by Crippen LogP contribution is -2.00. The minimum absolute atomic E-state index is 0.242. The van der Waals surface area contributed by atoms with Gasteiger partial charge in [-0.2, -0.15) is 0 Å². The Balaban J connectivity index is 2.29.